The van der Waals surface area contributed by atoms with Gasteiger partial charge in [0.15, 0.2) is 5.76 Å². The predicted molar refractivity (Wildman–Crippen MR) is 118 cm³/mol. The summed E-state index contributed by atoms with van der Waals surface area (Å²) in [6.07, 6.45) is 2.50. The number of ether oxygens (including phenoxy) is 1. The smallest absolute Gasteiger partial charge is 0.223 e. The molecule has 2 fully saturated rings. The first-order valence-corrected chi connectivity index (χ1v) is 11.4. The summed E-state index contributed by atoms with van der Waals surface area (Å²) in [5.41, 5.74) is 2.27. The van der Waals surface area contributed by atoms with Gasteiger partial charge in [-0.25, -0.2) is 0 Å². The standard InChI is InChI=1S/C24H34N4O3/c1-27(17-19-5-3-2-4-6-19)18-23-15-22(26-31-23)13-21-16-25-8-7-20(21)14-24(29)28-9-11-30-12-10-28/h2-6,15,20-21,25H,7-14,16-18H2,1H3. The molecular formula is C24H34N4O3. The number of carbonyl (C=O) groups excluding carboxylic acids is 1. The SMILES string of the molecule is CN(Cc1ccccc1)Cc1cc(CC2CNCCC2CC(=O)N2CCOCC2)no1. The largest absolute Gasteiger partial charge is 0.378 e. The highest BCUT2D eigenvalue weighted by Crippen LogP contribution is 2.27. The van der Waals surface area contributed by atoms with Crippen LogP contribution in [0.3, 0.4) is 0 Å². The average molecular weight is 427 g/mol. The second kappa shape index (κ2) is 10.9. The van der Waals surface area contributed by atoms with Crippen LogP contribution in [-0.4, -0.2) is 67.3 Å². The third-order valence-corrected chi connectivity index (χ3v) is 6.37. The molecule has 2 aliphatic rings. The topological polar surface area (TPSA) is 70.8 Å². The molecule has 3 heterocycles. The Kier molecular flexibility index (Phi) is 7.72. The molecule has 0 saturated carbocycles. The van der Waals surface area contributed by atoms with E-state index in [1.54, 1.807) is 0 Å². The van der Waals surface area contributed by atoms with Gasteiger partial charge in [-0.15, -0.1) is 0 Å². The Bertz CT molecular complexity index is 819. The Labute approximate surface area is 184 Å². The Hall–Kier alpha value is -2.22. The molecule has 0 radical (unpaired) electrons. The molecule has 7 nitrogen and oxygen atoms in total. The molecule has 2 atom stereocenters. The molecule has 0 bridgehead atoms. The summed E-state index contributed by atoms with van der Waals surface area (Å²) in [4.78, 5) is 16.9. The van der Waals surface area contributed by atoms with Gasteiger partial charge in [0.05, 0.1) is 25.5 Å². The summed E-state index contributed by atoms with van der Waals surface area (Å²) in [5, 5.41) is 7.83. The van der Waals surface area contributed by atoms with Crippen molar-refractivity contribution in [3.8, 4) is 0 Å². The summed E-state index contributed by atoms with van der Waals surface area (Å²) in [6, 6.07) is 12.5. The van der Waals surface area contributed by atoms with E-state index in [0.29, 0.717) is 31.5 Å². The lowest BCUT2D eigenvalue weighted by molar-refractivity contribution is -0.136. The van der Waals surface area contributed by atoms with E-state index in [1.165, 1.54) is 5.56 Å². The van der Waals surface area contributed by atoms with Crippen LogP contribution in [0.5, 0.6) is 0 Å². The molecule has 2 unspecified atom stereocenters. The van der Waals surface area contributed by atoms with Crippen LogP contribution in [0, 0.1) is 11.8 Å². The van der Waals surface area contributed by atoms with Crippen molar-refractivity contribution in [3.05, 3.63) is 53.4 Å². The number of hydrogen-bond donors (Lipinski definition) is 1. The molecule has 31 heavy (non-hydrogen) atoms. The van der Waals surface area contributed by atoms with E-state index in [0.717, 1.165) is 63.6 Å². The van der Waals surface area contributed by atoms with E-state index in [9.17, 15) is 4.79 Å². The number of piperidine rings is 1. The summed E-state index contributed by atoms with van der Waals surface area (Å²) in [7, 11) is 2.09. The molecule has 2 aromatic rings. The molecular weight excluding hydrogens is 392 g/mol. The van der Waals surface area contributed by atoms with E-state index in [2.05, 4.69) is 52.8 Å². The minimum absolute atomic E-state index is 0.267. The number of aromatic nitrogens is 1. The van der Waals surface area contributed by atoms with E-state index < -0.39 is 0 Å². The van der Waals surface area contributed by atoms with Gasteiger partial charge in [-0.05, 0) is 50.4 Å². The molecule has 2 saturated heterocycles. The molecule has 4 rings (SSSR count). The number of carbonyl (C=O) groups is 1. The minimum Gasteiger partial charge on any atom is -0.378 e. The highest BCUT2D eigenvalue weighted by Gasteiger charge is 2.30. The van der Waals surface area contributed by atoms with Gasteiger partial charge in [0.25, 0.3) is 0 Å². The lowest BCUT2D eigenvalue weighted by Crippen LogP contribution is -2.44. The number of benzene rings is 1. The quantitative estimate of drug-likeness (QED) is 0.699. The van der Waals surface area contributed by atoms with Gasteiger partial charge >= 0.3 is 0 Å². The van der Waals surface area contributed by atoms with Crippen molar-refractivity contribution >= 4 is 5.91 Å². The van der Waals surface area contributed by atoms with E-state index in [1.807, 2.05) is 11.0 Å². The number of amides is 1. The number of nitrogens with zero attached hydrogens (tertiary/aromatic N) is 3. The lowest BCUT2D eigenvalue weighted by Gasteiger charge is -2.34. The zero-order valence-corrected chi connectivity index (χ0v) is 18.5. The number of morpholine rings is 1. The van der Waals surface area contributed by atoms with Crippen LogP contribution in [0.15, 0.2) is 40.9 Å². The zero-order valence-electron chi connectivity index (χ0n) is 18.5. The monoisotopic (exact) mass is 426 g/mol. The Morgan fingerprint density at radius 1 is 1.19 bits per heavy atom. The van der Waals surface area contributed by atoms with Gasteiger partial charge in [-0.1, -0.05) is 35.5 Å². The highest BCUT2D eigenvalue weighted by molar-refractivity contribution is 5.76. The first-order chi connectivity index (χ1) is 15.2. The van der Waals surface area contributed by atoms with Crippen LogP contribution in [0.25, 0.3) is 0 Å². The number of nitrogens with one attached hydrogen (secondary N) is 1. The first kappa shape index (κ1) is 22.0. The Balaban J connectivity index is 1.30. The van der Waals surface area contributed by atoms with E-state index >= 15 is 0 Å². The van der Waals surface area contributed by atoms with Crippen molar-refractivity contribution in [2.24, 2.45) is 11.8 Å². The van der Waals surface area contributed by atoms with Crippen molar-refractivity contribution < 1.29 is 14.1 Å². The second-order valence-corrected chi connectivity index (χ2v) is 8.86. The molecule has 2 aliphatic heterocycles. The van der Waals surface area contributed by atoms with Gasteiger partial charge < -0.3 is 19.5 Å². The maximum atomic E-state index is 12.8. The normalized spacial score (nSPS) is 22.1. The van der Waals surface area contributed by atoms with Crippen molar-refractivity contribution in [3.63, 3.8) is 0 Å². The van der Waals surface area contributed by atoms with Crippen LogP contribution >= 0.6 is 0 Å². The van der Waals surface area contributed by atoms with Gasteiger partial charge in [0, 0.05) is 32.1 Å². The van der Waals surface area contributed by atoms with Crippen LogP contribution in [0.2, 0.25) is 0 Å². The van der Waals surface area contributed by atoms with Crippen molar-refractivity contribution in [1.29, 1.82) is 0 Å². The molecule has 1 aromatic carbocycles. The molecule has 1 amide bonds. The van der Waals surface area contributed by atoms with E-state index in [4.69, 9.17) is 9.26 Å². The average Bonchev–Trinajstić information content (AvgIpc) is 3.23. The summed E-state index contributed by atoms with van der Waals surface area (Å²) >= 11 is 0. The van der Waals surface area contributed by atoms with Crippen molar-refractivity contribution in [1.82, 2.24) is 20.3 Å². The van der Waals surface area contributed by atoms with Gasteiger partial charge in [-0.2, -0.15) is 0 Å². The van der Waals surface area contributed by atoms with Crippen molar-refractivity contribution in [2.75, 3.05) is 46.4 Å². The van der Waals surface area contributed by atoms with Crippen LogP contribution in [0.4, 0.5) is 0 Å². The molecule has 168 valence electrons. The fraction of sp³-hybridized carbons (Fsp3) is 0.583. The van der Waals surface area contributed by atoms with Crippen molar-refractivity contribution in [2.45, 2.75) is 32.4 Å². The number of rotatable bonds is 8. The summed E-state index contributed by atoms with van der Waals surface area (Å²) < 4.78 is 11.0. The van der Waals surface area contributed by atoms with Crippen LogP contribution in [0.1, 0.15) is 29.9 Å². The minimum atomic E-state index is 0.267. The Morgan fingerprint density at radius 2 is 2.00 bits per heavy atom. The maximum Gasteiger partial charge on any atom is 0.223 e. The fourth-order valence-electron chi connectivity index (χ4n) is 4.66. The molecule has 1 N–H and O–H groups in total. The summed E-state index contributed by atoms with van der Waals surface area (Å²) in [6.45, 7) is 6.25. The molecule has 0 aliphatic carbocycles. The number of hydrogen-bond acceptors (Lipinski definition) is 6. The van der Waals surface area contributed by atoms with Gasteiger partial charge in [0.1, 0.15) is 0 Å². The van der Waals surface area contributed by atoms with E-state index in [-0.39, 0.29) is 5.91 Å². The van der Waals surface area contributed by atoms with Gasteiger partial charge in [-0.3, -0.25) is 9.69 Å². The third kappa shape index (κ3) is 6.38. The van der Waals surface area contributed by atoms with Crippen LogP contribution < -0.4 is 5.32 Å². The predicted octanol–water partition coefficient (Wildman–Crippen LogP) is 2.32. The maximum absolute atomic E-state index is 12.8. The molecule has 0 spiro atoms. The van der Waals surface area contributed by atoms with Gasteiger partial charge in [0.2, 0.25) is 5.91 Å². The summed E-state index contributed by atoms with van der Waals surface area (Å²) in [5.74, 6) is 1.94. The Morgan fingerprint density at radius 3 is 2.81 bits per heavy atom. The molecule has 7 heteroatoms. The second-order valence-electron chi connectivity index (χ2n) is 8.86. The first-order valence-electron chi connectivity index (χ1n) is 11.4. The highest BCUT2D eigenvalue weighted by atomic mass is 16.5. The zero-order chi connectivity index (χ0) is 21.5. The molecule has 1 aromatic heterocycles. The lowest BCUT2D eigenvalue weighted by atomic mass is 9.81. The fourth-order valence-corrected chi connectivity index (χ4v) is 4.66. The van der Waals surface area contributed by atoms with Crippen LogP contribution in [-0.2, 0) is 29.0 Å². The third-order valence-electron chi connectivity index (χ3n) is 6.37.